The molecule has 2 N–H and O–H groups in total. The van der Waals surface area contributed by atoms with Crippen LogP contribution in [0.15, 0.2) is 23.1 Å². The van der Waals surface area contributed by atoms with E-state index in [9.17, 15) is 8.42 Å². The molecule has 0 amide bonds. The number of sulfonamides is 1. The van der Waals surface area contributed by atoms with Crippen LogP contribution in [0.4, 0.5) is 0 Å². The lowest BCUT2D eigenvalue weighted by Crippen LogP contribution is -2.43. The summed E-state index contributed by atoms with van der Waals surface area (Å²) in [7, 11) is -0.532. The first-order valence-electron chi connectivity index (χ1n) is 6.43. The van der Waals surface area contributed by atoms with Crippen LogP contribution in [0.3, 0.4) is 0 Å². The van der Waals surface area contributed by atoms with E-state index in [0.29, 0.717) is 18.2 Å². The Balaban J connectivity index is 0.00000220. The van der Waals surface area contributed by atoms with Gasteiger partial charge in [-0.2, -0.15) is 4.31 Å². The summed E-state index contributed by atoms with van der Waals surface area (Å²) in [5, 5.41) is 0.276. The summed E-state index contributed by atoms with van der Waals surface area (Å²) >= 11 is 6.00. The van der Waals surface area contributed by atoms with Gasteiger partial charge in [-0.05, 0) is 37.0 Å². The summed E-state index contributed by atoms with van der Waals surface area (Å²) in [4.78, 5) is 0.157. The van der Waals surface area contributed by atoms with Crippen molar-refractivity contribution in [1.29, 1.82) is 0 Å². The first kappa shape index (κ1) is 18.5. The van der Waals surface area contributed by atoms with Crippen LogP contribution in [0.25, 0.3) is 0 Å². The summed E-state index contributed by atoms with van der Waals surface area (Å²) in [6.45, 7) is 0.324. The van der Waals surface area contributed by atoms with Crippen molar-refractivity contribution in [3.63, 3.8) is 0 Å². The van der Waals surface area contributed by atoms with Gasteiger partial charge in [0.25, 0.3) is 0 Å². The largest absolute Gasteiger partial charge is 0.495 e. The predicted octanol–water partition coefficient (Wildman–Crippen LogP) is 2.13. The van der Waals surface area contributed by atoms with Gasteiger partial charge in [0.1, 0.15) is 5.75 Å². The number of likely N-dealkylation sites (N-methyl/N-ethyl adjacent to an activating group) is 1. The molecule has 1 fully saturated rings. The van der Waals surface area contributed by atoms with Crippen LogP contribution in [0.1, 0.15) is 12.8 Å². The van der Waals surface area contributed by atoms with Crippen LogP contribution in [-0.4, -0.2) is 39.5 Å². The molecule has 1 aromatic rings. The van der Waals surface area contributed by atoms with Gasteiger partial charge in [-0.25, -0.2) is 8.42 Å². The van der Waals surface area contributed by atoms with Crippen LogP contribution < -0.4 is 10.5 Å². The lowest BCUT2D eigenvalue weighted by Gasteiger charge is -2.26. The molecule has 1 atom stereocenters. The quantitative estimate of drug-likeness (QED) is 0.849. The van der Waals surface area contributed by atoms with Crippen LogP contribution in [0.5, 0.6) is 5.75 Å². The van der Waals surface area contributed by atoms with E-state index in [1.807, 2.05) is 0 Å². The third kappa shape index (κ3) is 3.81. The summed E-state index contributed by atoms with van der Waals surface area (Å²) in [6, 6.07) is 4.31. The molecule has 0 spiro atoms. The van der Waals surface area contributed by atoms with Crippen molar-refractivity contribution in [3.8, 4) is 5.75 Å². The Hall–Kier alpha value is -0.530. The van der Waals surface area contributed by atoms with E-state index >= 15 is 0 Å². The van der Waals surface area contributed by atoms with Crippen LogP contribution in [0.2, 0.25) is 5.02 Å². The summed E-state index contributed by atoms with van der Waals surface area (Å²) in [5.74, 6) is 0.819. The third-order valence-electron chi connectivity index (χ3n) is 3.67. The summed E-state index contributed by atoms with van der Waals surface area (Å²) in [6.07, 6.45) is 2.07. The minimum Gasteiger partial charge on any atom is -0.495 e. The second-order valence-corrected chi connectivity index (χ2v) is 7.36. The lowest BCUT2D eigenvalue weighted by molar-refractivity contribution is 0.340. The Labute approximate surface area is 136 Å². The second kappa shape index (κ2) is 7.15. The highest BCUT2D eigenvalue weighted by Crippen LogP contribution is 2.37. The maximum Gasteiger partial charge on any atom is 0.243 e. The number of methoxy groups -OCH3 is 1. The van der Waals surface area contributed by atoms with E-state index in [0.717, 1.165) is 12.8 Å². The van der Waals surface area contributed by atoms with Gasteiger partial charge in [0, 0.05) is 19.6 Å². The number of hydrogen-bond donors (Lipinski definition) is 1. The van der Waals surface area contributed by atoms with Gasteiger partial charge < -0.3 is 10.5 Å². The van der Waals surface area contributed by atoms with Crippen LogP contribution in [-0.2, 0) is 10.0 Å². The van der Waals surface area contributed by atoms with Gasteiger partial charge in [0.2, 0.25) is 10.0 Å². The van der Waals surface area contributed by atoms with Gasteiger partial charge in [0.05, 0.1) is 17.0 Å². The van der Waals surface area contributed by atoms with E-state index in [-0.39, 0.29) is 28.4 Å². The van der Waals surface area contributed by atoms with E-state index in [4.69, 9.17) is 22.1 Å². The number of hydrogen-bond acceptors (Lipinski definition) is 4. The molecule has 0 aliphatic heterocycles. The molecule has 0 saturated heterocycles. The Morgan fingerprint density at radius 3 is 2.52 bits per heavy atom. The van der Waals surface area contributed by atoms with E-state index < -0.39 is 10.0 Å². The zero-order valence-electron chi connectivity index (χ0n) is 12.0. The van der Waals surface area contributed by atoms with Gasteiger partial charge in [-0.3, -0.25) is 0 Å². The predicted molar refractivity (Wildman–Crippen MR) is 85.8 cm³/mol. The molecule has 1 aromatic carbocycles. The Morgan fingerprint density at radius 1 is 1.48 bits per heavy atom. The van der Waals surface area contributed by atoms with Gasteiger partial charge >= 0.3 is 0 Å². The maximum atomic E-state index is 12.6. The molecule has 1 saturated carbocycles. The highest BCUT2D eigenvalue weighted by molar-refractivity contribution is 7.89. The van der Waals surface area contributed by atoms with Crippen molar-refractivity contribution in [1.82, 2.24) is 4.31 Å². The Bertz CT molecular complexity index is 591. The maximum absolute atomic E-state index is 12.6. The van der Waals surface area contributed by atoms with Gasteiger partial charge in [-0.15, -0.1) is 12.4 Å². The second-order valence-electron chi connectivity index (χ2n) is 4.96. The molecule has 1 aliphatic rings. The average Bonchev–Trinajstić information content (AvgIpc) is 3.24. The molecule has 0 heterocycles. The standard InChI is InChI=1S/C13H19ClN2O3S.ClH/c1-16(12(8-15)9-3-4-9)20(17,18)10-5-6-13(19-2)11(14)7-10;/h5-7,9,12H,3-4,8,15H2,1-2H3;1H. The van der Waals surface area contributed by atoms with Crippen molar-refractivity contribution < 1.29 is 13.2 Å². The SMILES string of the molecule is COc1ccc(S(=O)(=O)N(C)C(CN)C2CC2)cc1Cl.Cl. The first-order valence-corrected chi connectivity index (χ1v) is 8.25. The molecule has 21 heavy (non-hydrogen) atoms. The van der Waals surface area contributed by atoms with Gasteiger partial charge in [0.15, 0.2) is 0 Å². The first-order chi connectivity index (χ1) is 9.41. The van der Waals surface area contributed by atoms with Crippen molar-refractivity contribution in [3.05, 3.63) is 23.2 Å². The van der Waals surface area contributed by atoms with Crippen molar-refractivity contribution in [2.45, 2.75) is 23.8 Å². The number of halogens is 2. The minimum absolute atomic E-state index is 0. The molecular weight excluding hydrogens is 335 g/mol. The molecule has 8 heteroatoms. The Kier molecular flexibility index (Phi) is 6.31. The highest BCUT2D eigenvalue weighted by atomic mass is 35.5. The normalized spacial score (nSPS) is 16.4. The summed E-state index contributed by atoms with van der Waals surface area (Å²) in [5.41, 5.74) is 5.71. The van der Waals surface area contributed by atoms with E-state index in [1.165, 1.54) is 23.5 Å². The molecular formula is C13H20Cl2N2O3S. The zero-order chi connectivity index (χ0) is 14.9. The third-order valence-corrected chi connectivity index (χ3v) is 5.85. The summed E-state index contributed by atoms with van der Waals surface area (Å²) < 4.78 is 31.6. The monoisotopic (exact) mass is 354 g/mol. The fourth-order valence-corrected chi connectivity index (χ4v) is 4.05. The van der Waals surface area contributed by atoms with Crippen LogP contribution >= 0.6 is 24.0 Å². The van der Waals surface area contributed by atoms with E-state index in [1.54, 1.807) is 13.1 Å². The molecule has 1 aliphatic carbocycles. The Morgan fingerprint density at radius 2 is 2.10 bits per heavy atom. The van der Waals surface area contributed by atoms with Crippen molar-refractivity contribution >= 4 is 34.0 Å². The molecule has 2 rings (SSSR count). The number of nitrogens with zero attached hydrogens (tertiary/aromatic N) is 1. The smallest absolute Gasteiger partial charge is 0.243 e. The number of ether oxygens (including phenoxy) is 1. The molecule has 0 bridgehead atoms. The molecule has 5 nitrogen and oxygen atoms in total. The number of nitrogens with two attached hydrogens (primary N) is 1. The number of benzene rings is 1. The molecule has 1 unspecified atom stereocenters. The fourth-order valence-electron chi connectivity index (χ4n) is 2.27. The van der Waals surface area contributed by atoms with Crippen LogP contribution in [0, 0.1) is 5.92 Å². The fraction of sp³-hybridized carbons (Fsp3) is 0.538. The number of rotatable bonds is 6. The average molecular weight is 355 g/mol. The van der Waals surface area contributed by atoms with Crippen molar-refractivity contribution in [2.24, 2.45) is 11.7 Å². The molecule has 120 valence electrons. The van der Waals surface area contributed by atoms with Gasteiger partial charge in [-0.1, -0.05) is 11.6 Å². The minimum atomic E-state index is -3.59. The molecule has 0 radical (unpaired) electrons. The lowest BCUT2D eigenvalue weighted by atomic mass is 10.2. The van der Waals surface area contributed by atoms with E-state index in [2.05, 4.69) is 0 Å². The van der Waals surface area contributed by atoms with Crippen molar-refractivity contribution in [2.75, 3.05) is 20.7 Å². The highest BCUT2D eigenvalue weighted by Gasteiger charge is 2.38. The zero-order valence-corrected chi connectivity index (χ0v) is 14.3. The molecule has 0 aromatic heterocycles. The topological polar surface area (TPSA) is 72.6 Å².